The van der Waals surface area contributed by atoms with Gasteiger partial charge in [-0.3, -0.25) is 9.48 Å². The largest absolute Gasteiger partial charge is 0.352 e. The number of thiol groups is 1. The number of nitrogens with zero attached hydrogens (tertiary/aromatic N) is 3. The standard InChI is InChI=1S/C12H13BrN4OS/c1-17-7-15-11(16-17)4-5-14-12(18)9-6-8(19)2-3-10(9)13/h2-3,6-7,19H,4-5H2,1H3,(H,14,18). The molecule has 0 atom stereocenters. The Bertz CT molecular complexity index is 599. The van der Waals surface area contributed by atoms with Crippen molar-refractivity contribution in [3.8, 4) is 0 Å². The number of nitrogens with one attached hydrogen (secondary N) is 1. The van der Waals surface area contributed by atoms with Gasteiger partial charge in [0, 0.05) is 29.4 Å². The smallest absolute Gasteiger partial charge is 0.252 e. The fourth-order valence-corrected chi connectivity index (χ4v) is 2.20. The SMILES string of the molecule is Cn1cnc(CCNC(=O)c2cc(S)ccc2Br)n1. The number of hydrogen-bond donors (Lipinski definition) is 2. The highest BCUT2D eigenvalue weighted by Gasteiger charge is 2.10. The van der Waals surface area contributed by atoms with E-state index in [1.807, 2.05) is 13.1 Å². The van der Waals surface area contributed by atoms with Crippen LogP contribution < -0.4 is 5.32 Å². The molecule has 0 aliphatic heterocycles. The van der Waals surface area contributed by atoms with Crippen LogP contribution in [-0.4, -0.2) is 27.2 Å². The number of benzene rings is 1. The lowest BCUT2D eigenvalue weighted by atomic mass is 10.2. The van der Waals surface area contributed by atoms with Crippen molar-refractivity contribution in [2.75, 3.05) is 6.54 Å². The molecule has 2 aromatic rings. The van der Waals surface area contributed by atoms with E-state index in [9.17, 15) is 4.79 Å². The summed E-state index contributed by atoms with van der Waals surface area (Å²) < 4.78 is 2.39. The van der Waals surface area contributed by atoms with E-state index in [1.165, 1.54) is 0 Å². The number of rotatable bonds is 4. The van der Waals surface area contributed by atoms with Gasteiger partial charge in [0.25, 0.3) is 5.91 Å². The second-order valence-corrected chi connectivity index (χ2v) is 5.38. The number of amides is 1. The Kier molecular flexibility index (Phi) is 4.60. The van der Waals surface area contributed by atoms with Crippen LogP contribution in [0.25, 0.3) is 0 Å². The van der Waals surface area contributed by atoms with Gasteiger partial charge >= 0.3 is 0 Å². The van der Waals surface area contributed by atoms with E-state index < -0.39 is 0 Å². The molecule has 0 aliphatic carbocycles. The van der Waals surface area contributed by atoms with Crippen LogP contribution in [0.1, 0.15) is 16.2 Å². The fourth-order valence-electron chi connectivity index (χ4n) is 1.57. The average molecular weight is 341 g/mol. The van der Waals surface area contributed by atoms with Crippen LogP contribution in [0.15, 0.2) is 33.9 Å². The molecule has 100 valence electrons. The topological polar surface area (TPSA) is 59.8 Å². The van der Waals surface area contributed by atoms with Crippen LogP contribution in [0.3, 0.4) is 0 Å². The molecule has 7 heteroatoms. The Morgan fingerprint density at radius 3 is 3.00 bits per heavy atom. The molecular formula is C12H13BrN4OS. The molecule has 0 aliphatic rings. The van der Waals surface area contributed by atoms with Gasteiger partial charge in [-0.25, -0.2) is 4.98 Å². The van der Waals surface area contributed by atoms with Gasteiger partial charge in [-0.05, 0) is 34.1 Å². The highest BCUT2D eigenvalue weighted by molar-refractivity contribution is 9.10. The van der Waals surface area contributed by atoms with Crippen molar-refractivity contribution in [3.05, 3.63) is 40.4 Å². The van der Waals surface area contributed by atoms with Gasteiger partial charge in [-0.2, -0.15) is 5.10 Å². The van der Waals surface area contributed by atoms with E-state index in [-0.39, 0.29) is 5.91 Å². The van der Waals surface area contributed by atoms with Crippen molar-refractivity contribution in [2.45, 2.75) is 11.3 Å². The average Bonchev–Trinajstić information content (AvgIpc) is 2.78. The maximum absolute atomic E-state index is 12.0. The first-order valence-corrected chi connectivity index (χ1v) is 6.91. The van der Waals surface area contributed by atoms with Gasteiger partial charge in [0.15, 0.2) is 5.82 Å². The third-order valence-electron chi connectivity index (χ3n) is 2.48. The summed E-state index contributed by atoms with van der Waals surface area (Å²) in [5.41, 5.74) is 0.571. The van der Waals surface area contributed by atoms with E-state index >= 15 is 0 Å². The molecule has 0 radical (unpaired) electrons. The molecule has 2 rings (SSSR count). The molecule has 5 nitrogen and oxygen atoms in total. The number of hydrogen-bond acceptors (Lipinski definition) is 4. The summed E-state index contributed by atoms with van der Waals surface area (Å²) in [6.07, 6.45) is 2.24. The van der Waals surface area contributed by atoms with Gasteiger partial charge < -0.3 is 5.32 Å². The molecule has 19 heavy (non-hydrogen) atoms. The number of halogens is 1. The summed E-state index contributed by atoms with van der Waals surface area (Å²) in [5, 5.41) is 6.98. The Morgan fingerprint density at radius 1 is 1.53 bits per heavy atom. The van der Waals surface area contributed by atoms with E-state index in [0.29, 0.717) is 24.4 Å². The molecule has 0 saturated carbocycles. The molecule has 0 unspecified atom stereocenters. The fraction of sp³-hybridized carbons (Fsp3) is 0.250. The van der Waals surface area contributed by atoms with Crippen molar-refractivity contribution >= 4 is 34.5 Å². The highest BCUT2D eigenvalue weighted by atomic mass is 79.9. The minimum atomic E-state index is -0.140. The van der Waals surface area contributed by atoms with Gasteiger partial charge in [-0.1, -0.05) is 0 Å². The normalized spacial score (nSPS) is 10.5. The number of carbonyl (C=O) groups is 1. The molecule has 1 amide bonds. The van der Waals surface area contributed by atoms with Gasteiger partial charge in [0.2, 0.25) is 0 Å². The number of aryl methyl sites for hydroxylation is 1. The Hall–Kier alpha value is -1.34. The molecule has 1 heterocycles. The van der Waals surface area contributed by atoms with Crippen molar-refractivity contribution in [2.24, 2.45) is 7.05 Å². The zero-order chi connectivity index (χ0) is 13.8. The Labute approximate surface area is 125 Å². The minimum absolute atomic E-state index is 0.140. The molecular weight excluding hydrogens is 328 g/mol. The van der Waals surface area contributed by atoms with Crippen LogP contribution in [0.5, 0.6) is 0 Å². The van der Waals surface area contributed by atoms with Gasteiger partial charge in [0.1, 0.15) is 6.33 Å². The lowest BCUT2D eigenvalue weighted by Gasteiger charge is -2.06. The number of aromatic nitrogens is 3. The summed E-state index contributed by atoms with van der Waals surface area (Å²) in [4.78, 5) is 16.8. The van der Waals surface area contributed by atoms with E-state index in [2.05, 4.69) is 44.0 Å². The van der Waals surface area contributed by atoms with Crippen molar-refractivity contribution in [3.63, 3.8) is 0 Å². The van der Waals surface area contributed by atoms with Crippen molar-refractivity contribution < 1.29 is 4.79 Å². The lowest BCUT2D eigenvalue weighted by Crippen LogP contribution is -2.26. The van der Waals surface area contributed by atoms with Crippen molar-refractivity contribution in [1.29, 1.82) is 0 Å². The maximum atomic E-state index is 12.0. The first-order valence-electron chi connectivity index (χ1n) is 5.67. The first-order chi connectivity index (χ1) is 9.06. The summed E-state index contributed by atoms with van der Waals surface area (Å²) in [5.74, 6) is 0.573. The number of carbonyl (C=O) groups excluding carboxylic acids is 1. The van der Waals surface area contributed by atoms with E-state index in [1.54, 1.807) is 23.1 Å². The Morgan fingerprint density at radius 2 is 2.32 bits per heavy atom. The summed E-state index contributed by atoms with van der Waals surface area (Å²) >= 11 is 7.57. The molecule has 0 spiro atoms. The lowest BCUT2D eigenvalue weighted by molar-refractivity contribution is 0.0953. The van der Waals surface area contributed by atoms with Gasteiger partial charge in [-0.15, -0.1) is 12.6 Å². The zero-order valence-corrected chi connectivity index (χ0v) is 12.8. The van der Waals surface area contributed by atoms with Crippen molar-refractivity contribution in [1.82, 2.24) is 20.1 Å². The van der Waals surface area contributed by atoms with Crippen LogP contribution >= 0.6 is 28.6 Å². The molecule has 1 aromatic carbocycles. The summed E-state index contributed by atoms with van der Waals surface area (Å²) in [7, 11) is 1.81. The van der Waals surface area contributed by atoms with Crippen LogP contribution in [0, 0.1) is 0 Å². The third kappa shape index (κ3) is 3.81. The molecule has 1 N–H and O–H groups in total. The maximum Gasteiger partial charge on any atom is 0.252 e. The van der Waals surface area contributed by atoms with E-state index in [0.717, 1.165) is 9.37 Å². The predicted octanol–water partition coefficient (Wildman–Crippen LogP) is 1.84. The second kappa shape index (κ2) is 6.21. The quantitative estimate of drug-likeness (QED) is 0.835. The van der Waals surface area contributed by atoms with Crippen LogP contribution in [-0.2, 0) is 13.5 Å². The summed E-state index contributed by atoms with van der Waals surface area (Å²) in [6.45, 7) is 0.492. The van der Waals surface area contributed by atoms with Crippen LogP contribution in [0.2, 0.25) is 0 Å². The molecule has 1 aromatic heterocycles. The Balaban J connectivity index is 1.92. The zero-order valence-electron chi connectivity index (χ0n) is 10.3. The van der Waals surface area contributed by atoms with Gasteiger partial charge in [0.05, 0.1) is 5.56 Å². The molecule has 0 saturated heterocycles. The third-order valence-corrected chi connectivity index (χ3v) is 3.45. The summed E-state index contributed by atoms with van der Waals surface area (Å²) in [6, 6.07) is 5.35. The monoisotopic (exact) mass is 340 g/mol. The molecule has 0 bridgehead atoms. The highest BCUT2D eigenvalue weighted by Crippen LogP contribution is 2.20. The second-order valence-electron chi connectivity index (χ2n) is 4.00. The molecule has 0 fully saturated rings. The minimum Gasteiger partial charge on any atom is -0.352 e. The predicted molar refractivity (Wildman–Crippen MR) is 78.4 cm³/mol. The van der Waals surface area contributed by atoms with Crippen LogP contribution in [0.4, 0.5) is 0 Å². The first kappa shape index (κ1) is 14.1. The van der Waals surface area contributed by atoms with E-state index in [4.69, 9.17) is 0 Å².